The first-order chi connectivity index (χ1) is 7.85. The highest BCUT2D eigenvalue weighted by atomic mass is 79.9. The van der Waals surface area contributed by atoms with Gasteiger partial charge in [-0.1, -0.05) is 35.8 Å². The lowest BCUT2D eigenvalue weighted by Crippen LogP contribution is -2.35. The summed E-state index contributed by atoms with van der Waals surface area (Å²) in [6, 6.07) is 5.68. The molecule has 17 heavy (non-hydrogen) atoms. The van der Waals surface area contributed by atoms with Gasteiger partial charge in [-0.25, -0.2) is 0 Å². The van der Waals surface area contributed by atoms with Crippen LogP contribution in [0.1, 0.15) is 29.8 Å². The number of alkyl halides is 1. The summed E-state index contributed by atoms with van der Waals surface area (Å²) in [5.74, 6) is 0.465. The fourth-order valence-electron chi connectivity index (χ4n) is 1.30. The van der Waals surface area contributed by atoms with Crippen LogP contribution in [0.2, 0.25) is 0 Å². The van der Waals surface area contributed by atoms with Crippen LogP contribution in [0.5, 0.6) is 0 Å². The van der Waals surface area contributed by atoms with E-state index < -0.39 is 0 Å². The lowest BCUT2D eigenvalue weighted by Gasteiger charge is -2.21. The highest BCUT2D eigenvalue weighted by Gasteiger charge is 2.18. The first-order valence-corrected chi connectivity index (χ1v) is 6.79. The molecule has 1 aromatic rings. The number of halogens is 2. The average molecular weight is 319 g/mol. The van der Waals surface area contributed by atoms with Crippen LogP contribution in [0.3, 0.4) is 0 Å². The Kier molecular flexibility index (Phi) is 5.02. The number of hydrogen-bond acceptors (Lipinski definition) is 1. The summed E-state index contributed by atoms with van der Waals surface area (Å²) in [6.45, 7) is 6.54. The molecule has 1 N–H and O–H groups in total. The molecule has 4 heteroatoms. The predicted molar refractivity (Wildman–Crippen MR) is 75.7 cm³/mol. The van der Waals surface area contributed by atoms with E-state index in [0.717, 1.165) is 10.0 Å². The van der Waals surface area contributed by atoms with Gasteiger partial charge in [0.25, 0.3) is 5.91 Å². The molecule has 0 fully saturated rings. The summed E-state index contributed by atoms with van der Waals surface area (Å²) in [7, 11) is 0. The minimum Gasteiger partial charge on any atom is -0.351 e. The normalized spacial score (nSPS) is 11.4. The summed E-state index contributed by atoms with van der Waals surface area (Å²) in [5, 5.41) is 2.91. The molecule has 0 saturated carbocycles. The molecule has 0 aromatic heterocycles. The molecule has 0 aliphatic rings. The Bertz CT molecular complexity index is 418. The Morgan fingerprint density at radius 3 is 2.71 bits per heavy atom. The largest absolute Gasteiger partial charge is 0.351 e. The maximum absolute atomic E-state index is 12.0. The van der Waals surface area contributed by atoms with Crippen molar-refractivity contribution in [2.75, 3.05) is 12.4 Å². The number of carbonyl (C=O) groups excluding carboxylic acids is 1. The lowest BCUT2D eigenvalue weighted by molar-refractivity contribution is 0.0939. The van der Waals surface area contributed by atoms with Gasteiger partial charge in [-0.2, -0.15) is 0 Å². The summed E-state index contributed by atoms with van der Waals surface area (Å²) in [5.41, 5.74) is 1.58. The van der Waals surface area contributed by atoms with Gasteiger partial charge in [-0.15, -0.1) is 11.6 Å². The molecule has 1 aromatic carbocycles. The second kappa shape index (κ2) is 5.87. The summed E-state index contributed by atoms with van der Waals surface area (Å²) < 4.78 is 0.907. The van der Waals surface area contributed by atoms with Crippen molar-refractivity contribution in [2.24, 2.45) is 5.41 Å². The van der Waals surface area contributed by atoms with Gasteiger partial charge < -0.3 is 5.32 Å². The van der Waals surface area contributed by atoms with Crippen LogP contribution in [0, 0.1) is 12.3 Å². The smallest absolute Gasteiger partial charge is 0.251 e. The van der Waals surface area contributed by atoms with Crippen molar-refractivity contribution in [2.45, 2.75) is 20.8 Å². The fourth-order valence-corrected chi connectivity index (χ4v) is 1.76. The second-order valence-electron chi connectivity index (χ2n) is 4.94. The minimum absolute atomic E-state index is 0.0537. The quantitative estimate of drug-likeness (QED) is 0.842. The summed E-state index contributed by atoms with van der Waals surface area (Å²) in [4.78, 5) is 12.0. The molecule has 0 radical (unpaired) electrons. The minimum atomic E-state index is -0.0862. The molecule has 0 saturated heterocycles. The Labute approximate surface area is 116 Å². The van der Waals surface area contributed by atoms with Gasteiger partial charge in [0, 0.05) is 22.5 Å². The Balaban J connectivity index is 2.74. The third-order valence-corrected chi connectivity index (χ3v) is 3.75. The number of aryl methyl sites for hydroxylation is 1. The number of hydrogen-bond donors (Lipinski definition) is 1. The van der Waals surface area contributed by atoms with E-state index in [1.54, 1.807) is 0 Å². The third kappa shape index (κ3) is 4.32. The fraction of sp³-hybridized carbons (Fsp3) is 0.462. The molecular weight excluding hydrogens is 302 g/mol. The maximum atomic E-state index is 12.0. The zero-order valence-electron chi connectivity index (χ0n) is 10.3. The van der Waals surface area contributed by atoms with Crippen molar-refractivity contribution in [1.82, 2.24) is 5.32 Å². The molecular formula is C13H17BrClNO. The van der Waals surface area contributed by atoms with E-state index in [1.807, 2.05) is 39.0 Å². The molecule has 0 unspecified atom stereocenters. The number of amides is 1. The van der Waals surface area contributed by atoms with Gasteiger partial charge in [-0.05, 0) is 30.0 Å². The van der Waals surface area contributed by atoms with Crippen LogP contribution >= 0.6 is 27.5 Å². The molecule has 0 aliphatic heterocycles. The third-order valence-electron chi connectivity index (χ3n) is 2.53. The number of nitrogens with one attached hydrogen (secondary N) is 1. The zero-order chi connectivity index (χ0) is 13.1. The molecule has 2 nitrogen and oxygen atoms in total. The highest BCUT2D eigenvalue weighted by Crippen LogP contribution is 2.18. The van der Waals surface area contributed by atoms with Crippen molar-refractivity contribution in [3.8, 4) is 0 Å². The molecule has 0 spiro atoms. The molecule has 1 amide bonds. The predicted octanol–water partition coefficient (Wildman–Crippen LogP) is 3.75. The first kappa shape index (κ1) is 14.5. The van der Waals surface area contributed by atoms with E-state index in [4.69, 9.17) is 11.6 Å². The lowest BCUT2D eigenvalue weighted by atomic mass is 9.96. The SMILES string of the molecule is Cc1ccc(Br)cc1C(=O)NCC(C)(C)CCl. The van der Waals surface area contributed by atoms with E-state index in [0.29, 0.717) is 18.0 Å². The van der Waals surface area contributed by atoms with E-state index >= 15 is 0 Å². The standard InChI is InChI=1S/C13H17BrClNO/c1-9-4-5-10(14)6-11(9)12(17)16-8-13(2,3)7-15/h4-6H,7-8H2,1-3H3,(H,16,17). The number of carbonyl (C=O) groups is 1. The van der Waals surface area contributed by atoms with Gasteiger partial charge in [0.15, 0.2) is 0 Å². The molecule has 0 aliphatic carbocycles. The monoisotopic (exact) mass is 317 g/mol. The van der Waals surface area contributed by atoms with Crippen molar-refractivity contribution in [1.29, 1.82) is 0 Å². The molecule has 94 valence electrons. The van der Waals surface area contributed by atoms with Crippen LogP contribution in [0.15, 0.2) is 22.7 Å². The van der Waals surface area contributed by atoms with Crippen LogP contribution in [0.25, 0.3) is 0 Å². The molecule has 0 heterocycles. The van der Waals surface area contributed by atoms with Crippen molar-refractivity contribution in [3.05, 3.63) is 33.8 Å². The maximum Gasteiger partial charge on any atom is 0.251 e. The second-order valence-corrected chi connectivity index (χ2v) is 6.12. The summed E-state index contributed by atoms with van der Waals surface area (Å²) in [6.07, 6.45) is 0. The average Bonchev–Trinajstić information content (AvgIpc) is 2.29. The van der Waals surface area contributed by atoms with Crippen molar-refractivity contribution in [3.63, 3.8) is 0 Å². The van der Waals surface area contributed by atoms with Gasteiger partial charge in [0.1, 0.15) is 0 Å². The first-order valence-electron chi connectivity index (χ1n) is 5.46. The topological polar surface area (TPSA) is 29.1 Å². The number of benzene rings is 1. The highest BCUT2D eigenvalue weighted by molar-refractivity contribution is 9.10. The Morgan fingerprint density at radius 1 is 1.47 bits per heavy atom. The molecule has 0 bridgehead atoms. The zero-order valence-corrected chi connectivity index (χ0v) is 12.7. The Morgan fingerprint density at radius 2 is 2.12 bits per heavy atom. The van der Waals surface area contributed by atoms with Gasteiger partial charge in [-0.3, -0.25) is 4.79 Å². The van der Waals surface area contributed by atoms with E-state index in [2.05, 4.69) is 21.2 Å². The summed E-state index contributed by atoms with van der Waals surface area (Å²) >= 11 is 9.19. The van der Waals surface area contributed by atoms with E-state index in [-0.39, 0.29) is 11.3 Å². The van der Waals surface area contributed by atoms with Crippen LogP contribution in [0.4, 0.5) is 0 Å². The molecule has 0 atom stereocenters. The van der Waals surface area contributed by atoms with Crippen molar-refractivity contribution < 1.29 is 4.79 Å². The van der Waals surface area contributed by atoms with E-state index in [1.165, 1.54) is 0 Å². The van der Waals surface area contributed by atoms with Gasteiger partial charge in [0.05, 0.1) is 0 Å². The van der Waals surface area contributed by atoms with Crippen LogP contribution < -0.4 is 5.32 Å². The van der Waals surface area contributed by atoms with Crippen molar-refractivity contribution >= 4 is 33.4 Å². The van der Waals surface area contributed by atoms with Gasteiger partial charge >= 0.3 is 0 Å². The van der Waals surface area contributed by atoms with Crippen LogP contribution in [-0.4, -0.2) is 18.3 Å². The van der Waals surface area contributed by atoms with Gasteiger partial charge in [0.2, 0.25) is 0 Å². The van der Waals surface area contributed by atoms with E-state index in [9.17, 15) is 4.79 Å². The Hall–Kier alpha value is -0.540. The van der Waals surface area contributed by atoms with Crippen LogP contribution in [-0.2, 0) is 0 Å². The molecule has 1 rings (SSSR count). The number of rotatable bonds is 4.